The Labute approximate surface area is 148 Å². The molecule has 1 amide bonds. The molecule has 0 unspecified atom stereocenters. The van der Waals surface area contributed by atoms with Crippen LogP contribution >= 0.6 is 23.2 Å². The SMILES string of the molecule is O=C(CCc1ccco1)NCc1cn(-c2ccc(Cl)c(Cl)c2)nn1. The van der Waals surface area contributed by atoms with Crippen LogP contribution in [0.3, 0.4) is 0 Å². The highest BCUT2D eigenvalue weighted by atomic mass is 35.5. The van der Waals surface area contributed by atoms with Gasteiger partial charge in [-0.05, 0) is 30.3 Å². The highest BCUT2D eigenvalue weighted by Crippen LogP contribution is 2.24. The van der Waals surface area contributed by atoms with Gasteiger partial charge in [-0.25, -0.2) is 4.68 Å². The number of carbonyl (C=O) groups excluding carboxylic acids is 1. The zero-order chi connectivity index (χ0) is 16.9. The van der Waals surface area contributed by atoms with E-state index in [4.69, 9.17) is 27.6 Å². The number of nitrogens with zero attached hydrogens (tertiary/aromatic N) is 3. The Bertz CT molecular complexity index is 830. The smallest absolute Gasteiger partial charge is 0.220 e. The summed E-state index contributed by atoms with van der Waals surface area (Å²) in [6, 6.07) is 8.82. The summed E-state index contributed by atoms with van der Waals surface area (Å²) in [5.41, 5.74) is 1.39. The summed E-state index contributed by atoms with van der Waals surface area (Å²) in [6.07, 6.45) is 4.24. The molecule has 1 N–H and O–H groups in total. The molecule has 0 fully saturated rings. The molecule has 0 aliphatic heterocycles. The molecule has 6 nitrogen and oxygen atoms in total. The van der Waals surface area contributed by atoms with Crippen molar-refractivity contribution in [1.82, 2.24) is 20.3 Å². The molecule has 3 rings (SSSR count). The van der Waals surface area contributed by atoms with Crippen LogP contribution in [0.25, 0.3) is 5.69 Å². The first kappa shape index (κ1) is 16.5. The molecular formula is C16H14Cl2N4O2. The lowest BCUT2D eigenvalue weighted by Gasteiger charge is -2.02. The molecule has 0 spiro atoms. The molecule has 24 heavy (non-hydrogen) atoms. The summed E-state index contributed by atoms with van der Waals surface area (Å²) in [7, 11) is 0. The van der Waals surface area contributed by atoms with Crippen molar-refractivity contribution in [3.05, 3.63) is 64.3 Å². The molecule has 3 aromatic rings. The number of furan rings is 1. The van der Waals surface area contributed by atoms with E-state index in [-0.39, 0.29) is 5.91 Å². The van der Waals surface area contributed by atoms with Gasteiger partial charge in [-0.3, -0.25) is 4.79 Å². The number of carbonyl (C=O) groups is 1. The molecule has 0 saturated heterocycles. The summed E-state index contributed by atoms with van der Waals surface area (Å²) in [5.74, 6) is 0.714. The Morgan fingerprint density at radius 1 is 1.25 bits per heavy atom. The minimum absolute atomic E-state index is 0.0736. The third-order valence-electron chi connectivity index (χ3n) is 3.35. The number of hydrogen-bond acceptors (Lipinski definition) is 4. The average Bonchev–Trinajstić information content (AvgIpc) is 3.25. The van der Waals surface area contributed by atoms with Crippen LogP contribution in [0.2, 0.25) is 10.0 Å². The Balaban J connectivity index is 1.54. The molecule has 0 radical (unpaired) electrons. The fourth-order valence-corrected chi connectivity index (χ4v) is 2.39. The normalized spacial score (nSPS) is 10.8. The first-order chi connectivity index (χ1) is 11.6. The van der Waals surface area contributed by atoms with Gasteiger partial charge in [-0.2, -0.15) is 0 Å². The summed E-state index contributed by atoms with van der Waals surface area (Å²) in [5, 5.41) is 11.8. The molecule has 1 aromatic carbocycles. The lowest BCUT2D eigenvalue weighted by molar-refractivity contribution is -0.121. The summed E-state index contributed by atoms with van der Waals surface area (Å²) in [4.78, 5) is 11.8. The molecule has 2 aromatic heterocycles. The minimum atomic E-state index is -0.0736. The van der Waals surface area contributed by atoms with Crippen LogP contribution in [0.1, 0.15) is 17.9 Å². The van der Waals surface area contributed by atoms with Crippen molar-refractivity contribution in [3.8, 4) is 5.69 Å². The van der Waals surface area contributed by atoms with Gasteiger partial charge in [0, 0.05) is 12.8 Å². The van der Waals surface area contributed by atoms with Gasteiger partial charge < -0.3 is 9.73 Å². The molecule has 124 valence electrons. The van der Waals surface area contributed by atoms with Crippen molar-refractivity contribution >= 4 is 29.1 Å². The second-order valence-electron chi connectivity index (χ2n) is 5.11. The van der Waals surface area contributed by atoms with E-state index in [9.17, 15) is 4.79 Å². The molecule has 2 heterocycles. The van der Waals surface area contributed by atoms with E-state index in [2.05, 4.69) is 15.6 Å². The largest absolute Gasteiger partial charge is 0.469 e. The van der Waals surface area contributed by atoms with E-state index >= 15 is 0 Å². The lowest BCUT2D eigenvalue weighted by atomic mass is 10.2. The zero-order valence-electron chi connectivity index (χ0n) is 12.6. The van der Waals surface area contributed by atoms with Gasteiger partial charge in [-0.15, -0.1) is 5.10 Å². The van der Waals surface area contributed by atoms with E-state index in [0.717, 1.165) is 11.4 Å². The molecular weight excluding hydrogens is 351 g/mol. The van der Waals surface area contributed by atoms with Crippen LogP contribution in [0.15, 0.2) is 47.2 Å². The average molecular weight is 365 g/mol. The number of benzene rings is 1. The van der Waals surface area contributed by atoms with E-state index in [1.54, 1.807) is 41.4 Å². The predicted octanol–water partition coefficient (Wildman–Crippen LogP) is 3.42. The molecule has 0 aliphatic rings. The quantitative estimate of drug-likeness (QED) is 0.727. The molecule has 0 aliphatic carbocycles. The highest BCUT2D eigenvalue weighted by molar-refractivity contribution is 6.42. The maximum absolute atomic E-state index is 11.8. The Hall–Kier alpha value is -2.31. The third kappa shape index (κ3) is 4.15. The maximum Gasteiger partial charge on any atom is 0.220 e. The molecule has 8 heteroatoms. The van der Waals surface area contributed by atoms with Crippen LogP contribution in [0.5, 0.6) is 0 Å². The molecule has 0 saturated carbocycles. The number of hydrogen-bond donors (Lipinski definition) is 1. The fourth-order valence-electron chi connectivity index (χ4n) is 2.10. The number of halogens is 2. The second-order valence-corrected chi connectivity index (χ2v) is 5.92. The third-order valence-corrected chi connectivity index (χ3v) is 4.09. The van der Waals surface area contributed by atoms with E-state index in [1.165, 1.54) is 0 Å². The van der Waals surface area contributed by atoms with Crippen molar-refractivity contribution < 1.29 is 9.21 Å². The Morgan fingerprint density at radius 2 is 2.12 bits per heavy atom. The van der Waals surface area contributed by atoms with Gasteiger partial charge in [0.15, 0.2) is 0 Å². The van der Waals surface area contributed by atoms with E-state index in [1.807, 2.05) is 6.07 Å². The van der Waals surface area contributed by atoms with Gasteiger partial charge in [0.05, 0.1) is 34.7 Å². The Morgan fingerprint density at radius 3 is 2.88 bits per heavy atom. The van der Waals surface area contributed by atoms with Crippen molar-refractivity contribution in [2.75, 3.05) is 0 Å². The fraction of sp³-hybridized carbons (Fsp3) is 0.188. The van der Waals surface area contributed by atoms with Crippen LogP contribution in [0.4, 0.5) is 0 Å². The summed E-state index contributed by atoms with van der Waals surface area (Å²) in [6.45, 7) is 0.304. The Kier molecular flexibility index (Phi) is 5.17. The molecule has 0 bridgehead atoms. The van der Waals surface area contributed by atoms with Crippen LogP contribution in [0, 0.1) is 0 Å². The first-order valence-electron chi connectivity index (χ1n) is 7.27. The summed E-state index contributed by atoms with van der Waals surface area (Å²) < 4.78 is 6.77. The first-order valence-corrected chi connectivity index (χ1v) is 8.03. The number of amides is 1. The van der Waals surface area contributed by atoms with E-state index < -0.39 is 0 Å². The van der Waals surface area contributed by atoms with Gasteiger partial charge in [0.2, 0.25) is 5.91 Å². The number of aryl methyl sites for hydroxylation is 1. The summed E-state index contributed by atoms with van der Waals surface area (Å²) >= 11 is 11.9. The maximum atomic E-state index is 11.8. The van der Waals surface area contributed by atoms with Gasteiger partial charge >= 0.3 is 0 Å². The topological polar surface area (TPSA) is 73.0 Å². The molecule has 0 atom stereocenters. The van der Waals surface area contributed by atoms with Crippen molar-refractivity contribution in [3.63, 3.8) is 0 Å². The van der Waals surface area contributed by atoms with Gasteiger partial charge in [-0.1, -0.05) is 28.4 Å². The van der Waals surface area contributed by atoms with Crippen molar-refractivity contribution in [2.24, 2.45) is 0 Å². The van der Waals surface area contributed by atoms with Crippen molar-refractivity contribution in [2.45, 2.75) is 19.4 Å². The van der Waals surface area contributed by atoms with E-state index in [0.29, 0.717) is 35.1 Å². The van der Waals surface area contributed by atoms with Gasteiger partial charge in [0.25, 0.3) is 0 Å². The van der Waals surface area contributed by atoms with Crippen LogP contribution in [-0.4, -0.2) is 20.9 Å². The lowest BCUT2D eigenvalue weighted by Crippen LogP contribution is -2.23. The van der Waals surface area contributed by atoms with Crippen LogP contribution in [-0.2, 0) is 17.8 Å². The van der Waals surface area contributed by atoms with Gasteiger partial charge in [0.1, 0.15) is 11.5 Å². The standard InChI is InChI=1S/C16H14Cl2N4O2/c17-14-5-3-12(8-15(14)18)22-10-11(20-21-22)9-19-16(23)6-4-13-2-1-7-24-13/h1-3,5,7-8,10H,4,6,9H2,(H,19,23). The zero-order valence-corrected chi connectivity index (χ0v) is 14.1. The predicted molar refractivity (Wildman–Crippen MR) is 90.3 cm³/mol. The number of nitrogens with one attached hydrogen (secondary N) is 1. The minimum Gasteiger partial charge on any atom is -0.469 e. The number of aromatic nitrogens is 3. The monoisotopic (exact) mass is 364 g/mol. The van der Waals surface area contributed by atoms with Crippen LogP contribution < -0.4 is 5.32 Å². The highest BCUT2D eigenvalue weighted by Gasteiger charge is 2.08. The second kappa shape index (κ2) is 7.51. The van der Waals surface area contributed by atoms with Crippen molar-refractivity contribution in [1.29, 1.82) is 0 Å². The number of rotatable bonds is 6.